The maximum atomic E-state index is 12.6. The Kier molecular flexibility index (Phi) is 8.33. The molecule has 0 radical (unpaired) electrons. The average Bonchev–Trinajstić information content (AvgIpc) is 2.80. The number of anilines is 2. The van der Waals surface area contributed by atoms with E-state index in [0.29, 0.717) is 46.0 Å². The summed E-state index contributed by atoms with van der Waals surface area (Å²) in [5.41, 5.74) is 1.68. The van der Waals surface area contributed by atoms with Crippen LogP contribution in [0.1, 0.15) is 31.1 Å². The molecule has 0 heterocycles. The highest BCUT2D eigenvalue weighted by molar-refractivity contribution is 6.32. The van der Waals surface area contributed by atoms with E-state index in [-0.39, 0.29) is 11.8 Å². The predicted molar refractivity (Wildman–Crippen MR) is 131 cm³/mol. The maximum Gasteiger partial charge on any atom is 0.265 e. The zero-order valence-electron chi connectivity index (χ0n) is 18.8. The number of hydrogen-bond acceptors (Lipinski definition) is 4. The second-order valence-electron chi connectivity index (χ2n) is 7.94. The molecule has 172 valence electrons. The van der Waals surface area contributed by atoms with E-state index in [1.807, 2.05) is 6.07 Å². The highest BCUT2D eigenvalue weighted by Crippen LogP contribution is 2.24. The topological polar surface area (TPSA) is 76.7 Å². The highest BCUT2D eigenvalue weighted by atomic mass is 35.5. The molecule has 2 N–H and O–H groups in total. The summed E-state index contributed by atoms with van der Waals surface area (Å²) in [5.74, 6) is 0.932. The molecule has 1 atom stereocenters. The number of amides is 2. The zero-order chi connectivity index (χ0) is 23.8. The zero-order valence-corrected chi connectivity index (χ0v) is 19.6. The van der Waals surface area contributed by atoms with Gasteiger partial charge in [-0.3, -0.25) is 9.59 Å². The molecule has 33 heavy (non-hydrogen) atoms. The molecule has 2 amide bonds. The van der Waals surface area contributed by atoms with Gasteiger partial charge in [0, 0.05) is 16.9 Å². The number of hydrogen-bond donors (Lipinski definition) is 2. The average molecular weight is 467 g/mol. The van der Waals surface area contributed by atoms with E-state index in [0.717, 1.165) is 0 Å². The van der Waals surface area contributed by atoms with Crippen molar-refractivity contribution < 1.29 is 19.1 Å². The Balaban J connectivity index is 1.55. The number of halogens is 1. The Labute approximate surface area is 198 Å². The van der Waals surface area contributed by atoms with E-state index in [9.17, 15) is 9.59 Å². The van der Waals surface area contributed by atoms with Crippen LogP contribution in [0.15, 0.2) is 72.8 Å². The Morgan fingerprint density at radius 1 is 0.879 bits per heavy atom. The van der Waals surface area contributed by atoms with Crippen LogP contribution in [0.5, 0.6) is 11.5 Å². The molecule has 0 aromatic heterocycles. The third-order valence-corrected chi connectivity index (χ3v) is 4.91. The summed E-state index contributed by atoms with van der Waals surface area (Å²) in [6, 6.07) is 20.9. The van der Waals surface area contributed by atoms with Crippen LogP contribution in [0.3, 0.4) is 0 Å². The molecule has 0 aliphatic heterocycles. The van der Waals surface area contributed by atoms with Crippen molar-refractivity contribution in [2.75, 3.05) is 17.2 Å². The van der Waals surface area contributed by atoms with Crippen LogP contribution in [0.2, 0.25) is 5.02 Å². The maximum absolute atomic E-state index is 12.6. The van der Waals surface area contributed by atoms with Crippen LogP contribution in [0, 0.1) is 5.92 Å². The van der Waals surface area contributed by atoms with Gasteiger partial charge in [-0.05, 0) is 67.4 Å². The number of nitrogens with one attached hydrogen (secondary N) is 2. The first-order valence-corrected chi connectivity index (χ1v) is 11.1. The largest absolute Gasteiger partial charge is 0.493 e. The standard InChI is InChI=1S/C26H27ClN2O4/c1-17(2)16-32-22-8-6-7-19(15-22)26(31)29-21-13-11-20(12-14-21)28-25(30)18(3)33-24-10-5-4-9-23(24)27/h4-15,17-18H,16H2,1-3H3,(H,28,30)(H,29,31). The van der Waals surface area contributed by atoms with Crippen molar-refractivity contribution in [2.24, 2.45) is 5.92 Å². The minimum Gasteiger partial charge on any atom is -0.493 e. The Bertz CT molecular complexity index is 1100. The van der Waals surface area contributed by atoms with E-state index >= 15 is 0 Å². The predicted octanol–water partition coefficient (Wildman–Crippen LogP) is 6.03. The fourth-order valence-corrected chi connectivity index (χ4v) is 3.04. The molecular weight excluding hydrogens is 440 g/mol. The van der Waals surface area contributed by atoms with Gasteiger partial charge in [0.2, 0.25) is 0 Å². The lowest BCUT2D eigenvalue weighted by Gasteiger charge is -2.16. The van der Waals surface area contributed by atoms with E-state index in [4.69, 9.17) is 21.1 Å². The number of rotatable bonds is 9. The SMILES string of the molecule is CC(C)COc1cccc(C(=O)Nc2ccc(NC(=O)C(C)Oc3ccccc3Cl)cc2)c1. The third-order valence-electron chi connectivity index (χ3n) is 4.60. The van der Waals surface area contributed by atoms with E-state index in [1.165, 1.54) is 0 Å². The van der Waals surface area contributed by atoms with E-state index < -0.39 is 6.10 Å². The number of para-hydroxylation sites is 1. The van der Waals surface area contributed by atoms with Gasteiger partial charge in [0.25, 0.3) is 11.8 Å². The Morgan fingerprint density at radius 3 is 2.21 bits per heavy atom. The molecular formula is C26H27ClN2O4. The van der Waals surface area contributed by atoms with Gasteiger partial charge in [0.15, 0.2) is 6.10 Å². The molecule has 0 spiro atoms. The Hall–Kier alpha value is -3.51. The summed E-state index contributed by atoms with van der Waals surface area (Å²) in [5, 5.41) is 6.07. The normalized spacial score (nSPS) is 11.5. The summed E-state index contributed by atoms with van der Waals surface area (Å²) >= 11 is 6.07. The molecule has 3 rings (SSSR count). The van der Waals surface area contributed by atoms with Gasteiger partial charge in [-0.15, -0.1) is 0 Å². The summed E-state index contributed by atoms with van der Waals surface area (Å²) in [6.07, 6.45) is -0.741. The van der Waals surface area contributed by atoms with E-state index in [1.54, 1.807) is 73.7 Å². The van der Waals surface area contributed by atoms with Gasteiger partial charge in [0.1, 0.15) is 11.5 Å². The molecule has 7 heteroatoms. The lowest BCUT2D eigenvalue weighted by Crippen LogP contribution is -2.30. The molecule has 0 saturated carbocycles. The molecule has 0 bridgehead atoms. The van der Waals surface area contributed by atoms with Crippen molar-refractivity contribution in [1.82, 2.24) is 0 Å². The first-order valence-electron chi connectivity index (χ1n) is 10.7. The van der Waals surface area contributed by atoms with Crippen molar-refractivity contribution in [3.8, 4) is 11.5 Å². The van der Waals surface area contributed by atoms with Gasteiger partial charge >= 0.3 is 0 Å². The molecule has 0 aliphatic rings. The first-order chi connectivity index (χ1) is 15.8. The van der Waals surface area contributed by atoms with Crippen LogP contribution in [0.25, 0.3) is 0 Å². The Morgan fingerprint density at radius 2 is 1.55 bits per heavy atom. The summed E-state index contributed by atoms with van der Waals surface area (Å²) in [7, 11) is 0. The second-order valence-corrected chi connectivity index (χ2v) is 8.35. The van der Waals surface area contributed by atoms with Gasteiger partial charge < -0.3 is 20.1 Å². The quantitative estimate of drug-likeness (QED) is 0.403. The molecule has 0 saturated heterocycles. The molecule has 6 nitrogen and oxygen atoms in total. The number of ether oxygens (including phenoxy) is 2. The molecule has 0 fully saturated rings. The fraction of sp³-hybridized carbons (Fsp3) is 0.231. The lowest BCUT2D eigenvalue weighted by molar-refractivity contribution is -0.122. The van der Waals surface area contributed by atoms with Crippen LogP contribution in [-0.4, -0.2) is 24.5 Å². The van der Waals surface area contributed by atoms with Crippen LogP contribution >= 0.6 is 11.6 Å². The molecule has 3 aromatic carbocycles. The van der Waals surface area contributed by atoms with Crippen LogP contribution in [0.4, 0.5) is 11.4 Å². The number of carbonyl (C=O) groups excluding carboxylic acids is 2. The van der Waals surface area contributed by atoms with Gasteiger partial charge in [0.05, 0.1) is 11.6 Å². The minimum absolute atomic E-state index is 0.247. The second kappa shape index (κ2) is 11.4. The summed E-state index contributed by atoms with van der Waals surface area (Å²) < 4.78 is 11.3. The number of carbonyl (C=O) groups is 2. The van der Waals surface area contributed by atoms with Crippen molar-refractivity contribution in [3.05, 3.63) is 83.4 Å². The van der Waals surface area contributed by atoms with Crippen LogP contribution in [-0.2, 0) is 4.79 Å². The molecule has 1 unspecified atom stereocenters. The van der Waals surface area contributed by atoms with Gasteiger partial charge in [-0.1, -0.05) is 43.6 Å². The summed E-state index contributed by atoms with van der Waals surface area (Å²) in [4.78, 5) is 25.0. The number of benzene rings is 3. The van der Waals surface area contributed by atoms with Crippen molar-refractivity contribution in [2.45, 2.75) is 26.9 Å². The van der Waals surface area contributed by atoms with Crippen molar-refractivity contribution in [3.63, 3.8) is 0 Å². The molecule has 0 aliphatic carbocycles. The molecule has 3 aromatic rings. The summed E-state index contributed by atoms with van der Waals surface area (Å²) in [6.45, 7) is 6.36. The fourth-order valence-electron chi connectivity index (χ4n) is 2.86. The van der Waals surface area contributed by atoms with Gasteiger partial charge in [-0.25, -0.2) is 0 Å². The monoisotopic (exact) mass is 466 g/mol. The minimum atomic E-state index is -0.741. The van der Waals surface area contributed by atoms with Crippen molar-refractivity contribution in [1.29, 1.82) is 0 Å². The van der Waals surface area contributed by atoms with Crippen LogP contribution < -0.4 is 20.1 Å². The van der Waals surface area contributed by atoms with Crippen molar-refractivity contribution >= 4 is 34.8 Å². The smallest absolute Gasteiger partial charge is 0.265 e. The van der Waals surface area contributed by atoms with E-state index in [2.05, 4.69) is 24.5 Å². The highest BCUT2D eigenvalue weighted by Gasteiger charge is 2.16. The van der Waals surface area contributed by atoms with Gasteiger partial charge in [-0.2, -0.15) is 0 Å². The lowest BCUT2D eigenvalue weighted by atomic mass is 10.2. The third kappa shape index (κ3) is 7.26. The first kappa shape index (κ1) is 24.1.